The summed E-state index contributed by atoms with van der Waals surface area (Å²) in [7, 11) is -0.160. The predicted molar refractivity (Wildman–Crippen MR) is 61.1 cm³/mol. The van der Waals surface area contributed by atoms with Crippen molar-refractivity contribution in [1.29, 1.82) is 0 Å². The molecule has 0 radical (unpaired) electrons. The SMILES string of the molecule is CCC(c1ccccc1)P(=O)(OC)OC. The third kappa shape index (κ3) is 2.69. The summed E-state index contributed by atoms with van der Waals surface area (Å²) < 4.78 is 22.3. The molecule has 0 fully saturated rings. The monoisotopic (exact) mass is 228 g/mol. The Morgan fingerprint density at radius 2 is 1.73 bits per heavy atom. The summed E-state index contributed by atoms with van der Waals surface area (Å²) >= 11 is 0. The van der Waals surface area contributed by atoms with Gasteiger partial charge in [-0.2, -0.15) is 0 Å². The fourth-order valence-corrected chi connectivity index (χ4v) is 3.29. The lowest BCUT2D eigenvalue weighted by molar-refractivity contribution is 0.265. The maximum Gasteiger partial charge on any atom is 0.337 e. The van der Waals surface area contributed by atoms with E-state index in [0.29, 0.717) is 0 Å². The summed E-state index contributed by atoms with van der Waals surface area (Å²) in [5, 5.41) is 0. The molecule has 4 heteroatoms. The predicted octanol–water partition coefficient (Wildman–Crippen LogP) is 3.62. The molecular formula is C11H17O3P. The smallest absolute Gasteiger partial charge is 0.312 e. The number of rotatable bonds is 5. The molecule has 1 rings (SSSR count). The van der Waals surface area contributed by atoms with Gasteiger partial charge < -0.3 is 9.05 Å². The quantitative estimate of drug-likeness (QED) is 0.722. The molecule has 0 amide bonds. The summed E-state index contributed by atoms with van der Waals surface area (Å²) in [5.74, 6) is 0. The van der Waals surface area contributed by atoms with Gasteiger partial charge in [-0.05, 0) is 12.0 Å². The number of benzene rings is 1. The van der Waals surface area contributed by atoms with Gasteiger partial charge in [0.1, 0.15) is 0 Å². The van der Waals surface area contributed by atoms with E-state index in [4.69, 9.17) is 9.05 Å². The number of hydrogen-bond acceptors (Lipinski definition) is 3. The van der Waals surface area contributed by atoms with Crippen molar-refractivity contribution in [2.45, 2.75) is 19.0 Å². The van der Waals surface area contributed by atoms with Crippen molar-refractivity contribution in [3.05, 3.63) is 35.9 Å². The van der Waals surface area contributed by atoms with E-state index in [1.807, 2.05) is 37.3 Å². The van der Waals surface area contributed by atoms with Crippen LogP contribution in [0.3, 0.4) is 0 Å². The first-order chi connectivity index (χ1) is 7.18. The van der Waals surface area contributed by atoms with Gasteiger partial charge in [-0.1, -0.05) is 37.3 Å². The zero-order valence-electron chi connectivity index (χ0n) is 9.34. The molecule has 0 heterocycles. The van der Waals surface area contributed by atoms with Gasteiger partial charge in [0.25, 0.3) is 0 Å². The molecule has 0 N–H and O–H groups in total. The first kappa shape index (κ1) is 12.4. The van der Waals surface area contributed by atoms with Crippen LogP contribution in [0.4, 0.5) is 0 Å². The Morgan fingerprint density at radius 1 is 1.20 bits per heavy atom. The van der Waals surface area contributed by atoms with Crippen LogP contribution in [0.1, 0.15) is 24.6 Å². The third-order valence-electron chi connectivity index (χ3n) is 2.46. The van der Waals surface area contributed by atoms with Crippen LogP contribution in [-0.2, 0) is 13.6 Å². The molecule has 1 aromatic rings. The van der Waals surface area contributed by atoms with E-state index in [0.717, 1.165) is 12.0 Å². The molecule has 0 bridgehead atoms. The van der Waals surface area contributed by atoms with Crippen LogP contribution in [0.15, 0.2) is 30.3 Å². The Balaban J connectivity index is 3.04. The first-order valence-electron chi connectivity index (χ1n) is 4.94. The second kappa shape index (κ2) is 5.45. The highest BCUT2D eigenvalue weighted by Gasteiger charge is 2.33. The lowest BCUT2D eigenvalue weighted by Crippen LogP contribution is -2.02. The maximum absolute atomic E-state index is 12.2. The van der Waals surface area contributed by atoms with Crippen LogP contribution in [0.5, 0.6) is 0 Å². The van der Waals surface area contributed by atoms with E-state index in [1.54, 1.807) is 0 Å². The normalized spacial score (nSPS) is 13.8. The second-order valence-electron chi connectivity index (χ2n) is 3.24. The highest BCUT2D eigenvalue weighted by Crippen LogP contribution is 2.61. The van der Waals surface area contributed by atoms with Crippen molar-refractivity contribution in [3.63, 3.8) is 0 Å². The van der Waals surface area contributed by atoms with Crippen molar-refractivity contribution < 1.29 is 13.6 Å². The Kier molecular flexibility index (Phi) is 4.52. The van der Waals surface area contributed by atoms with Gasteiger partial charge in [-0.3, -0.25) is 4.57 Å². The summed E-state index contributed by atoms with van der Waals surface area (Å²) in [6.07, 6.45) is 0.725. The molecule has 0 aromatic heterocycles. The highest BCUT2D eigenvalue weighted by molar-refractivity contribution is 7.54. The highest BCUT2D eigenvalue weighted by atomic mass is 31.2. The van der Waals surface area contributed by atoms with Crippen molar-refractivity contribution in [2.75, 3.05) is 14.2 Å². The standard InChI is InChI=1S/C11H17O3P/c1-4-11(15(12,13-2)14-3)10-8-6-5-7-9-10/h5-9,11H,4H2,1-3H3. The molecule has 1 unspecified atom stereocenters. The minimum atomic E-state index is -3.01. The molecule has 84 valence electrons. The van der Waals surface area contributed by atoms with E-state index in [2.05, 4.69) is 0 Å². The summed E-state index contributed by atoms with van der Waals surface area (Å²) in [6, 6.07) is 9.67. The van der Waals surface area contributed by atoms with Crippen LogP contribution in [0, 0.1) is 0 Å². The van der Waals surface area contributed by atoms with Crippen LogP contribution in [0.25, 0.3) is 0 Å². The molecule has 0 aliphatic carbocycles. The minimum Gasteiger partial charge on any atom is -0.312 e. The summed E-state index contributed by atoms with van der Waals surface area (Å²) in [6.45, 7) is 1.97. The molecule has 1 atom stereocenters. The molecule has 0 aliphatic heterocycles. The summed E-state index contributed by atoms with van der Waals surface area (Å²) in [5.41, 5.74) is 0.806. The van der Waals surface area contributed by atoms with Crippen molar-refractivity contribution in [3.8, 4) is 0 Å². The van der Waals surface area contributed by atoms with Crippen LogP contribution < -0.4 is 0 Å². The fraction of sp³-hybridized carbons (Fsp3) is 0.455. The Labute approximate surface area is 90.9 Å². The lowest BCUT2D eigenvalue weighted by atomic mass is 10.1. The minimum absolute atomic E-state index is 0.186. The molecular weight excluding hydrogens is 211 g/mol. The Hall–Kier alpha value is -0.630. The van der Waals surface area contributed by atoms with E-state index < -0.39 is 7.60 Å². The second-order valence-corrected chi connectivity index (χ2v) is 5.67. The van der Waals surface area contributed by atoms with Gasteiger partial charge in [0.15, 0.2) is 0 Å². The molecule has 0 aliphatic rings. The molecule has 3 nitrogen and oxygen atoms in total. The molecule has 1 aromatic carbocycles. The Bertz CT molecular complexity index is 329. The van der Waals surface area contributed by atoms with Gasteiger partial charge in [0.2, 0.25) is 0 Å². The molecule has 15 heavy (non-hydrogen) atoms. The van der Waals surface area contributed by atoms with Gasteiger partial charge in [0, 0.05) is 14.2 Å². The third-order valence-corrected chi connectivity index (χ3v) is 4.91. The van der Waals surface area contributed by atoms with Crippen LogP contribution in [0.2, 0.25) is 0 Å². The van der Waals surface area contributed by atoms with E-state index in [1.165, 1.54) is 14.2 Å². The largest absolute Gasteiger partial charge is 0.337 e. The maximum atomic E-state index is 12.2. The topological polar surface area (TPSA) is 35.5 Å². The van der Waals surface area contributed by atoms with Crippen molar-refractivity contribution in [1.82, 2.24) is 0 Å². The zero-order chi connectivity index (χ0) is 11.3. The zero-order valence-corrected chi connectivity index (χ0v) is 10.2. The van der Waals surface area contributed by atoms with E-state index in [-0.39, 0.29) is 5.66 Å². The van der Waals surface area contributed by atoms with E-state index in [9.17, 15) is 4.57 Å². The van der Waals surface area contributed by atoms with Crippen LogP contribution >= 0.6 is 7.60 Å². The molecule has 0 spiro atoms. The van der Waals surface area contributed by atoms with Gasteiger partial charge in [0.05, 0.1) is 5.66 Å². The first-order valence-corrected chi connectivity index (χ1v) is 6.55. The van der Waals surface area contributed by atoms with Crippen LogP contribution in [-0.4, -0.2) is 14.2 Å². The average Bonchev–Trinajstić information content (AvgIpc) is 2.31. The van der Waals surface area contributed by atoms with Gasteiger partial charge >= 0.3 is 7.60 Å². The van der Waals surface area contributed by atoms with Gasteiger partial charge in [-0.25, -0.2) is 0 Å². The number of hydrogen-bond donors (Lipinski definition) is 0. The molecule has 0 saturated carbocycles. The molecule has 0 saturated heterocycles. The summed E-state index contributed by atoms with van der Waals surface area (Å²) in [4.78, 5) is 0. The van der Waals surface area contributed by atoms with Crippen molar-refractivity contribution in [2.24, 2.45) is 0 Å². The average molecular weight is 228 g/mol. The fourth-order valence-electron chi connectivity index (χ4n) is 1.65. The van der Waals surface area contributed by atoms with Gasteiger partial charge in [-0.15, -0.1) is 0 Å². The van der Waals surface area contributed by atoms with E-state index >= 15 is 0 Å². The Morgan fingerprint density at radius 3 is 2.13 bits per heavy atom. The van der Waals surface area contributed by atoms with Crippen molar-refractivity contribution >= 4 is 7.60 Å². The lowest BCUT2D eigenvalue weighted by Gasteiger charge is -2.23.